The predicted molar refractivity (Wildman–Crippen MR) is 55.6 cm³/mol. The zero-order valence-corrected chi connectivity index (χ0v) is 7.62. The topological polar surface area (TPSA) is 45.2 Å². The third-order valence-electron chi connectivity index (χ3n) is 2.57. The molecule has 0 unspecified atom stereocenters. The lowest BCUT2D eigenvalue weighted by Gasteiger charge is -2.02. The van der Waals surface area contributed by atoms with E-state index in [1.807, 2.05) is 6.07 Å². The third kappa shape index (κ3) is 1.02. The van der Waals surface area contributed by atoms with E-state index in [2.05, 4.69) is 16.4 Å². The molecule has 0 saturated heterocycles. The summed E-state index contributed by atoms with van der Waals surface area (Å²) in [5, 5.41) is 13.6. The number of phenolic OH excluding ortho intramolecular Hbond substituents is 1. The molecule has 0 radical (unpaired) electrons. The second-order valence-corrected chi connectivity index (χ2v) is 3.55. The lowest BCUT2D eigenvalue weighted by atomic mass is 10.1. The van der Waals surface area contributed by atoms with Gasteiger partial charge in [-0.25, -0.2) is 4.98 Å². The summed E-state index contributed by atoms with van der Waals surface area (Å²) in [4.78, 5) is 4.45. The van der Waals surface area contributed by atoms with Crippen LogP contribution in [0.3, 0.4) is 0 Å². The van der Waals surface area contributed by atoms with Gasteiger partial charge in [0.25, 0.3) is 0 Å². The molecular formula is C11H10N2O. The van der Waals surface area contributed by atoms with Gasteiger partial charge >= 0.3 is 0 Å². The molecule has 3 heteroatoms. The van der Waals surface area contributed by atoms with E-state index in [0.29, 0.717) is 0 Å². The molecule has 1 aromatic carbocycles. The number of hydrogen-bond donors (Lipinski definition) is 2. The quantitative estimate of drug-likeness (QED) is 0.660. The van der Waals surface area contributed by atoms with Crippen molar-refractivity contribution >= 4 is 16.7 Å². The molecule has 0 atom stereocenters. The summed E-state index contributed by atoms with van der Waals surface area (Å²) in [6.07, 6.45) is 1.04. The van der Waals surface area contributed by atoms with Crippen molar-refractivity contribution in [1.29, 1.82) is 0 Å². The summed E-state index contributed by atoms with van der Waals surface area (Å²) in [7, 11) is 0. The van der Waals surface area contributed by atoms with Crippen LogP contribution in [0.2, 0.25) is 0 Å². The number of anilines is 1. The fourth-order valence-corrected chi connectivity index (χ4v) is 1.86. The van der Waals surface area contributed by atoms with Crippen LogP contribution in [0.5, 0.6) is 5.75 Å². The Hall–Kier alpha value is -1.77. The average molecular weight is 186 g/mol. The summed E-state index contributed by atoms with van der Waals surface area (Å²) in [5.41, 5.74) is 2.11. The van der Waals surface area contributed by atoms with Crippen LogP contribution in [-0.2, 0) is 6.42 Å². The van der Waals surface area contributed by atoms with E-state index in [1.165, 1.54) is 5.56 Å². The van der Waals surface area contributed by atoms with Crippen molar-refractivity contribution in [2.75, 3.05) is 11.9 Å². The second-order valence-electron chi connectivity index (χ2n) is 3.55. The van der Waals surface area contributed by atoms with Gasteiger partial charge < -0.3 is 10.4 Å². The highest BCUT2D eigenvalue weighted by Gasteiger charge is 2.12. The van der Waals surface area contributed by atoms with Gasteiger partial charge in [0, 0.05) is 18.0 Å². The number of benzene rings is 1. The van der Waals surface area contributed by atoms with Crippen LogP contribution in [0.15, 0.2) is 24.3 Å². The first-order chi connectivity index (χ1) is 6.83. The van der Waals surface area contributed by atoms with Gasteiger partial charge in [-0.1, -0.05) is 0 Å². The van der Waals surface area contributed by atoms with Crippen molar-refractivity contribution in [3.8, 4) is 5.75 Å². The highest BCUT2D eigenvalue weighted by atomic mass is 16.3. The van der Waals surface area contributed by atoms with Crippen molar-refractivity contribution in [3.63, 3.8) is 0 Å². The highest BCUT2D eigenvalue weighted by molar-refractivity contribution is 5.83. The zero-order valence-electron chi connectivity index (χ0n) is 7.62. The van der Waals surface area contributed by atoms with E-state index in [4.69, 9.17) is 0 Å². The Balaban J connectivity index is 2.33. The van der Waals surface area contributed by atoms with Gasteiger partial charge in [0.2, 0.25) is 0 Å². The molecule has 2 N–H and O–H groups in total. The van der Waals surface area contributed by atoms with Gasteiger partial charge in [0.15, 0.2) is 0 Å². The number of pyridine rings is 1. The van der Waals surface area contributed by atoms with Crippen molar-refractivity contribution < 1.29 is 5.11 Å². The average Bonchev–Trinajstić information content (AvgIpc) is 2.61. The highest BCUT2D eigenvalue weighted by Crippen LogP contribution is 2.26. The van der Waals surface area contributed by atoms with E-state index < -0.39 is 0 Å². The molecule has 2 aromatic rings. The first kappa shape index (κ1) is 7.62. The Morgan fingerprint density at radius 1 is 1.29 bits per heavy atom. The van der Waals surface area contributed by atoms with Crippen LogP contribution in [0.25, 0.3) is 10.9 Å². The predicted octanol–water partition coefficient (Wildman–Crippen LogP) is 1.91. The number of phenols is 1. The number of aromatic nitrogens is 1. The lowest BCUT2D eigenvalue weighted by molar-refractivity contribution is 0.476. The molecule has 3 rings (SSSR count). The first-order valence-electron chi connectivity index (χ1n) is 4.69. The first-order valence-corrected chi connectivity index (χ1v) is 4.69. The minimum atomic E-state index is 0.267. The van der Waals surface area contributed by atoms with Crippen molar-refractivity contribution in [1.82, 2.24) is 4.98 Å². The molecular weight excluding hydrogens is 176 g/mol. The number of aromatic hydroxyl groups is 1. The number of fused-ring (bicyclic) bond motifs is 2. The summed E-state index contributed by atoms with van der Waals surface area (Å²) in [5.74, 6) is 1.23. The Bertz CT molecular complexity index is 508. The van der Waals surface area contributed by atoms with E-state index in [0.717, 1.165) is 29.7 Å². The number of nitrogens with one attached hydrogen (secondary N) is 1. The maximum atomic E-state index is 9.32. The van der Waals surface area contributed by atoms with Gasteiger partial charge in [0.05, 0.1) is 5.52 Å². The maximum Gasteiger partial charge on any atom is 0.129 e. The van der Waals surface area contributed by atoms with Gasteiger partial charge in [-0.2, -0.15) is 0 Å². The fraction of sp³-hybridized carbons (Fsp3) is 0.182. The minimum Gasteiger partial charge on any atom is -0.508 e. The monoisotopic (exact) mass is 186 g/mol. The SMILES string of the molecule is Oc1ccc2cc3c(nc2c1)NCC3. The van der Waals surface area contributed by atoms with Gasteiger partial charge in [-0.3, -0.25) is 0 Å². The molecule has 0 fully saturated rings. The van der Waals surface area contributed by atoms with Crippen LogP contribution in [-0.4, -0.2) is 16.6 Å². The van der Waals surface area contributed by atoms with Crippen LogP contribution in [0.1, 0.15) is 5.56 Å². The summed E-state index contributed by atoms with van der Waals surface area (Å²) in [6, 6.07) is 7.42. The summed E-state index contributed by atoms with van der Waals surface area (Å²) < 4.78 is 0. The minimum absolute atomic E-state index is 0.267. The van der Waals surface area contributed by atoms with Crippen molar-refractivity contribution in [2.45, 2.75) is 6.42 Å². The molecule has 0 aliphatic carbocycles. The molecule has 0 amide bonds. The number of nitrogens with zero attached hydrogens (tertiary/aromatic N) is 1. The largest absolute Gasteiger partial charge is 0.508 e. The van der Waals surface area contributed by atoms with Gasteiger partial charge in [-0.05, 0) is 30.2 Å². The molecule has 2 heterocycles. The number of hydrogen-bond acceptors (Lipinski definition) is 3. The lowest BCUT2D eigenvalue weighted by Crippen LogP contribution is -1.93. The van der Waals surface area contributed by atoms with Gasteiger partial charge in [0.1, 0.15) is 11.6 Å². The summed E-state index contributed by atoms with van der Waals surface area (Å²) in [6.45, 7) is 0.963. The Morgan fingerprint density at radius 2 is 2.21 bits per heavy atom. The zero-order chi connectivity index (χ0) is 9.54. The Labute approximate surface area is 81.4 Å². The fourth-order valence-electron chi connectivity index (χ4n) is 1.86. The third-order valence-corrected chi connectivity index (χ3v) is 2.57. The second kappa shape index (κ2) is 2.61. The molecule has 1 aliphatic rings. The normalized spacial score (nSPS) is 14.0. The van der Waals surface area contributed by atoms with E-state index in [1.54, 1.807) is 12.1 Å². The van der Waals surface area contributed by atoms with E-state index >= 15 is 0 Å². The molecule has 14 heavy (non-hydrogen) atoms. The van der Waals surface area contributed by atoms with E-state index in [-0.39, 0.29) is 5.75 Å². The Morgan fingerprint density at radius 3 is 3.14 bits per heavy atom. The molecule has 70 valence electrons. The van der Waals surface area contributed by atoms with Gasteiger partial charge in [-0.15, -0.1) is 0 Å². The summed E-state index contributed by atoms with van der Waals surface area (Å²) >= 11 is 0. The van der Waals surface area contributed by atoms with Crippen LogP contribution >= 0.6 is 0 Å². The standard InChI is InChI=1S/C11H10N2O/c14-9-2-1-7-5-8-3-4-12-11(8)13-10(7)6-9/h1-2,5-6,14H,3-4H2,(H,12,13). The molecule has 0 saturated carbocycles. The maximum absolute atomic E-state index is 9.32. The molecule has 1 aliphatic heterocycles. The molecule has 1 aromatic heterocycles. The smallest absolute Gasteiger partial charge is 0.129 e. The van der Waals surface area contributed by atoms with Crippen LogP contribution in [0, 0.1) is 0 Å². The van der Waals surface area contributed by atoms with Crippen molar-refractivity contribution in [3.05, 3.63) is 29.8 Å². The van der Waals surface area contributed by atoms with Crippen LogP contribution < -0.4 is 5.32 Å². The molecule has 0 spiro atoms. The number of rotatable bonds is 0. The van der Waals surface area contributed by atoms with E-state index in [9.17, 15) is 5.11 Å². The Kier molecular flexibility index (Phi) is 1.42. The molecule has 3 nitrogen and oxygen atoms in total. The molecule has 0 bridgehead atoms. The van der Waals surface area contributed by atoms with Crippen molar-refractivity contribution in [2.24, 2.45) is 0 Å². The van der Waals surface area contributed by atoms with Crippen LogP contribution in [0.4, 0.5) is 5.82 Å².